The third kappa shape index (κ3) is 6.79. The third-order valence-electron chi connectivity index (χ3n) is 6.09. The van der Waals surface area contributed by atoms with E-state index < -0.39 is 10.0 Å². The lowest BCUT2D eigenvalue weighted by atomic mass is 9.97. The van der Waals surface area contributed by atoms with Crippen molar-refractivity contribution in [3.8, 4) is 0 Å². The Hall–Kier alpha value is -1.44. The maximum absolute atomic E-state index is 12.7. The molecule has 2 aliphatic rings. The molecule has 0 saturated carbocycles. The van der Waals surface area contributed by atoms with E-state index in [9.17, 15) is 13.2 Å². The average Bonchev–Trinajstić information content (AvgIpc) is 2.73. The predicted octanol–water partition coefficient (Wildman–Crippen LogP) is 2.53. The summed E-state index contributed by atoms with van der Waals surface area (Å²) in [5.41, 5.74) is 1.93. The van der Waals surface area contributed by atoms with Gasteiger partial charge in [0, 0.05) is 25.6 Å². The lowest BCUT2D eigenvalue weighted by Gasteiger charge is -2.30. The van der Waals surface area contributed by atoms with Gasteiger partial charge >= 0.3 is 0 Å². The summed E-state index contributed by atoms with van der Waals surface area (Å²) in [4.78, 5) is 14.9. The molecule has 0 aromatic heterocycles. The Bertz CT molecular complexity index is 750. The van der Waals surface area contributed by atoms with Crippen molar-refractivity contribution < 1.29 is 13.2 Å². The molecular formula is C22H35N3O3S. The van der Waals surface area contributed by atoms with E-state index in [1.165, 1.54) is 32.4 Å². The van der Waals surface area contributed by atoms with Crippen molar-refractivity contribution in [1.82, 2.24) is 14.5 Å². The molecule has 7 heteroatoms. The highest BCUT2D eigenvalue weighted by Gasteiger charge is 2.31. The fourth-order valence-corrected chi connectivity index (χ4v) is 5.79. The number of aryl methyl sites for hydroxylation is 1. The van der Waals surface area contributed by atoms with Crippen LogP contribution in [0.15, 0.2) is 24.3 Å². The first-order valence-electron chi connectivity index (χ1n) is 11.0. The summed E-state index contributed by atoms with van der Waals surface area (Å²) in [5.74, 6) is 0.0377. The SMILES string of the molecule is Cc1ccc(CS(=O)(=O)N2CCC(C(=O)NCCCN3CCCCC3)CC2)cc1. The van der Waals surface area contributed by atoms with E-state index >= 15 is 0 Å². The number of rotatable bonds is 8. The van der Waals surface area contributed by atoms with E-state index in [-0.39, 0.29) is 17.6 Å². The van der Waals surface area contributed by atoms with Gasteiger partial charge in [-0.15, -0.1) is 0 Å². The minimum atomic E-state index is -3.34. The van der Waals surface area contributed by atoms with Crippen LogP contribution in [0.5, 0.6) is 0 Å². The quantitative estimate of drug-likeness (QED) is 0.655. The number of likely N-dealkylation sites (tertiary alicyclic amines) is 1. The van der Waals surface area contributed by atoms with Crippen LogP contribution in [0.3, 0.4) is 0 Å². The maximum atomic E-state index is 12.7. The first kappa shape index (κ1) is 22.2. The third-order valence-corrected chi connectivity index (χ3v) is 7.94. The Balaban J connectivity index is 1.37. The highest BCUT2D eigenvalue weighted by atomic mass is 32.2. The molecule has 3 rings (SSSR count). The second-order valence-electron chi connectivity index (χ2n) is 8.46. The van der Waals surface area contributed by atoms with Crippen LogP contribution in [0.2, 0.25) is 0 Å². The number of carbonyl (C=O) groups excluding carboxylic acids is 1. The van der Waals surface area contributed by atoms with Gasteiger partial charge in [0.25, 0.3) is 0 Å². The number of nitrogens with one attached hydrogen (secondary N) is 1. The van der Waals surface area contributed by atoms with Gasteiger partial charge < -0.3 is 10.2 Å². The molecular weight excluding hydrogens is 386 g/mol. The lowest BCUT2D eigenvalue weighted by Crippen LogP contribution is -2.43. The fraction of sp³-hybridized carbons (Fsp3) is 0.682. The summed E-state index contributed by atoms with van der Waals surface area (Å²) < 4.78 is 26.9. The van der Waals surface area contributed by atoms with Crippen molar-refractivity contribution in [3.63, 3.8) is 0 Å². The Kier molecular flexibility index (Phi) is 8.09. The van der Waals surface area contributed by atoms with Gasteiger partial charge in [-0.1, -0.05) is 36.2 Å². The first-order chi connectivity index (χ1) is 13.9. The summed E-state index contributed by atoms with van der Waals surface area (Å²) in [7, 11) is -3.34. The molecule has 2 saturated heterocycles. The van der Waals surface area contributed by atoms with Gasteiger partial charge in [0.05, 0.1) is 5.75 Å². The van der Waals surface area contributed by atoms with Crippen molar-refractivity contribution in [3.05, 3.63) is 35.4 Å². The average molecular weight is 422 g/mol. The zero-order valence-electron chi connectivity index (χ0n) is 17.6. The van der Waals surface area contributed by atoms with E-state index in [4.69, 9.17) is 0 Å². The number of benzene rings is 1. The normalized spacial score (nSPS) is 19.9. The van der Waals surface area contributed by atoms with Gasteiger partial charge in [0.15, 0.2) is 0 Å². The summed E-state index contributed by atoms with van der Waals surface area (Å²) in [5, 5.41) is 3.06. The van der Waals surface area contributed by atoms with Gasteiger partial charge in [-0.05, 0) is 64.2 Å². The smallest absolute Gasteiger partial charge is 0.223 e. The lowest BCUT2D eigenvalue weighted by molar-refractivity contribution is -0.126. The summed E-state index contributed by atoms with van der Waals surface area (Å²) >= 11 is 0. The molecule has 2 fully saturated rings. The summed E-state index contributed by atoms with van der Waals surface area (Å²) in [6, 6.07) is 7.62. The topological polar surface area (TPSA) is 69.7 Å². The van der Waals surface area contributed by atoms with Crippen molar-refractivity contribution in [2.75, 3.05) is 39.3 Å². The summed E-state index contributed by atoms with van der Waals surface area (Å²) in [6.45, 7) is 6.98. The van der Waals surface area contributed by atoms with E-state index in [0.717, 1.165) is 24.1 Å². The van der Waals surface area contributed by atoms with E-state index in [0.29, 0.717) is 32.5 Å². The molecule has 1 aromatic carbocycles. The second kappa shape index (κ2) is 10.5. The van der Waals surface area contributed by atoms with Gasteiger partial charge in [0.1, 0.15) is 0 Å². The molecule has 6 nitrogen and oxygen atoms in total. The van der Waals surface area contributed by atoms with Gasteiger partial charge in [-0.2, -0.15) is 0 Å². The van der Waals surface area contributed by atoms with Crippen LogP contribution in [0.1, 0.15) is 49.7 Å². The molecule has 0 aliphatic carbocycles. The largest absolute Gasteiger partial charge is 0.356 e. The van der Waals surface area contributed by atoms with E-state index in [1.807, 2.05) is 31.2 Å². The standard InChI is InChI=1S/C22H35N3O3S/c1-19-6-8-20(9-7-19)18-29(27,28)25-16-10-21(11-17-25)22(26)23-12-5-15-24-13-3-2-4-14-24/h6-9,21H,2-5,10-18H2,1H3,(H,23,26). The van der Waals surface area contributed by atoms with Crippen LogP contribution in [-0.4, -0.2) is 62.8 Å². The zero-order chi connectivity index (χ0) is 20.7. The van der Waals surface area contributed by atoms with Crippen LogP contribution in [0.25, 0.3) is 0 Å². The van der Waals surface area contributed by atoms with Crippen molar-refractivity contribution >= 4 is 15.9 Å². The molecule has 162 valence electrons. The van der Waals surface area contributed by atoms with Crippen LogP contribution >= 0.6 is 0 Å². The van der Waals surface area contributed by atoms with E-state index in [1.54, 1.807) is 4.31 Å². The zero-order valence-corrected chi connectivity index (χ0v) is 18.4. The number of piperidine rings is 2. The molecule has 1 aromatic rings. The maximum Gasteiger partial charge on any atom is 0.223 e. The van der Waals surface area contributed by atoms with Gasteiger partial charge in [-0.3, -0.25) is 4.79 Å². The Morgan fingerprint density at radius 1 is 1.03 bits per heavy atom. The highest BCUT2D eigenvalue weighted by molar-refractivity contribution is 7.88. The summed E-state index contributed by atoms with van der Waals surface area (Å²) in [6.07, 6.45) is 6.11. The van der Waals surface area contributed by atoms with E-state index in [2.05, 4.69) is 10.2 Å². The number of hydrogen-bond acceptors (Lipinski definition) is 4. The number of amides is 1. The highest BCUT2D eigenvalue weighted by Crippen LogP contribution is 2.22. The number of hydrogen-bond donors (Lipinski definition) is 1. The molecule has 0 unspecified atom stereocenters. The van der Waals surface area contributed by atoms with Crippen molar-refractivity contribution in [2.45, 2.75) is 51.2 Å². The molecule has 0 bridgehead atoms. The fourth-order valence-electron chi connectivity index (χ4n) is 4.22. The van der Waals surface area contributed by atoms with Crippen LogP contribution in [0, 0.1) is 12.8 Å². The number of carbonyl (C=O) groups is 1. The molecule has 1 amide bonds. The van der Waals surface area contributed by atoms with Crippen molar-refractivity contribution in [1.29, 1.82) is 0 Å². The Morgan fingerprint density at radius 2 is 1.69 bits per heavy atom. The van der Waals surface area contributed by atoms with Crippen LogP contribution in [-0.2, 0) is 20.6 Å². The minimum absolute atomic E-state index is 0.0284. The monoisotopic (exact) mass is 421 g/mol. The first-order valence-corrected chi connectivity index (χ1v) is 12.6. The molecule has 2 heterocycles. The molecule has 1 N–H and O–H groups in total. The molecule has 0 spiro atoms. The Morgan fingerprint density at radius 3 is 2.34 bits per heavy atom. The Labute approximate surface area is 175 Å². The molecule has 2 aliphatic heterocycles. The van der Waals surface area contributed by atoms with Gasteiger partial charge in [0.2, 0.25) is 15.9 Å². The predicted molar refractivity (Wildman–Crippen MR) is 116 cm³/mol. The molecule has 0 radical (unpaired) electrons. The molecule has 0 atom stereocenters. The number of nitrogens with zero attached hydrogens (tertiary/aromatic N) is 2. The van der Waals surface area contributed by atoms with Crippen LogP contribution in [0.4, 0.5) is 0 Å². The van der Waals surface area contributed by atoms with Crippen molar-refractivity contribution in [2.24, 2.45) is 5.92 Å². The van der Waals surface area contributed by atoms with Gasteiger partial charge in [-0.25, -0.2) is 12.7 Å². The minimum Gasteiger partial charge on any atom is -0.356 e. The number of sulfonamides is 1. The second-order valence-corrected chi connectivity index (χ2v) is 10.4. The molecule has 29 heavy (non-hydrogen) atoms. The van der Waals surface area contributed by atoms with Crippen LogP contribution < -0.4 is 5.32 Å².